The number of nitrogens with zero attached hydrogens (tertiary/aromatic N) is 1. The van der Waals surface area contributed by atoms with E-state index >= 15 is 0 Å². The Kier molecular flexibility index (Phi) is 5.54. The van der Waals surface area contributed by atoms with E-state index in [-0.39, 0.29) is 5.91 Å². The number of carbonyl (C=O) groups is 1. The monoisotopic (exact) mass is 336 g/mol. The molecule has 1 saturated heterocycles. The molecule has 0 bridgehead atoms. The van der Waals surface area contributed by atoms with Crippen LogP contribution < -0.4 is 5.32 Å². The molecule has 0 aliphatic carbocycles. The number of carbonyl (C=O) groups excluding carboxylic acids is 1. The van der Waals surface area contributed by atoms with Crippen LogP contribution in [-0.4, -0.2) is 23.9 Å². The van der Waals surface area contributed by atoms with Gasteiger partial charge in [0.05, 0.1) is 0 Å². The summed E-state index contributed by atoms with van der Waals surface area (Å²) in [6.45, 7) is 9.75. The predicted octanol–water partition coefficient (Wildman–Crippen LogP) is 4.79. The molecule has 2 aromatic rings. The van der Waals surface area contributed by atoms with E-state index in [0.29, 0.717) is 5.56 Å². The van der Waals surface area contributed by atoms with E-state index in [0.717, 1.165) is 23.7 Å². The minimum absolute atomic E-state index is 0.0492. The lowest BCUT2D eigenvalue weighted by Crippen LogP contribution is -2.33. The number of aryl methyl sites for hydroxylation is 1. The predicted molar refractivity (Wildman–Crippen MR) is 104 cm³/mol. The zero-order valence-corrected chi connectivity index (χ0v) is 15.5. The molecule has 25 heavy (non-hydrogen) atoms. The first kappa shape index (κ1) is 17.7. The molecule has 1 aliphatic rings. The fourth-order valence-corrected chi connectivity index (χ4v) is 3.53. The van der Waals surface area contributed by atoms with Crippen LogP contribution >= 0.6 is 0 Å². The van der Waals surface area contributed by atoms with Crippen LogP contribution in [0.5, 0.6) is 0 Å². The minimum atomic E-state index is -0.0492. The summed E-state index contributed by atoms with van der Waals surface area (Å²) in [6.07, 6.45) is 2.63. The second-order valence-electron chi connectivity index (χ2n) is 7.38. The Labute approximate surface area is 151 Å². The fraction of sp³-hybridized carbons (Fsp3) is 0.409. The molecule has 0 unspecified atom stereocenters. The second kappa shape index (κ2) is 7.83. The molecule has 0 radical (unpaired) electrons. The van der Waals surface area contributed by atoms with Gasteiger partial charge in [-0.3, -0.25) is 9.69 Å². The Morgan fingerprint density at radius 2 is 1.92 bits per heavy atom. The van der Waals surface area contributed by atoms with Crippen LogP contribution in [0.25, 0.3) is 0 Å². The Morgan fingerprint density at radius 1 is 1.16 bits per heavy atom. The van der Waals surface area contributed by atoms with Gasteiger partial charge in [0.15, 0.2) is 0 Å². The number of hydrogen-bond acceptors (Lipinski definition) is 2. The molecule has 0 saturated carbocycles. The average molecular weight is 336 g/mol. The van der Waals surface area contributed by atoms with Gasteiger partial charge in [0.2, 0.25) is 0 Å². The highest BCUT2D eigenvalue weighted by molar-refractivity contribution is 6.04. The molecule has 3 rings (SSSR count). The zero-order chi connectivity index (χ0) is 17.8. The maximum absolute atomic E-state index is 12.5. The van der Waals surface area contributed by atoms with E-state index in [1.54, 1.807) is 0 Å². The summed E-state index contributed by atoms with van der Waals surface area (Å²) in [5, 5.41) is 3.02. The van der Waals surface area contributed by atoms with Gasteiger partial charge in [-0.05, 0) is 74.0 Å². The smallest absolute Gasteiger partial charge is 0.255 e. The highest BCUT2D eigenvalue weighted by Crippen LogP contribution is 2.20. The molecule has 1 heterocycles. The molecular weight excluding hydrogens is 308 g/mol. The summed E-state index contributed by atoms with van der Waals surface area (Å²) >= 11 is 0. The van der Waals surface area contributed by atoms with Crippen molar-refractivity contribution in [2.75, 3.05) is 18.4 Å². The molecule has 1 atom stereocenters. The van der Waals surface area contributed by atoms with Gasteiger partial charge in [0.1, 0.15) is 0 Å². The van der Waals surface area contributed by atoms with Gasteiger partial charge in [-0.25, -0.2) is 0 Å². The van der Waals surface area contributed by atoms with Crippen molar-refractivity contribution >= 4 is 11.6 Å². The fourth-order valence-electron chi connectivity index (χ4n) is 3.53. The van der Waals surface area contributed by atoms with Gasteiger partial charge in [0, 0.05) is 24.3 Å². The van der Waals surface area contributed by atoms with E-state index in [1.807, 2.05) is 31.2 Å². The summed E-state index contributed by atoms with van der Waals surface area (Å²) in [7, 11) is 0. The van der Waals surface area contributed by atoms with Crippen molar-refractivity contribution in [3.8, 4) is 0 Å². The van der Waals surface area contributed by atoms with E-state index in [9.17, 15) is 4.79 Å². The lowest BCUT2D eigenvalue weighted by Gasteiger charge is -2.30. The van der Waals surface area contributed by atoms with Crippen LogP contribution in [0.1, 0.15) is 46.8 Å². The lowest BCUT2D eigenvalue weighted by molar-refractivity contribution is 0.102. The minimum Gasteiger partial charge on any atom is -0.322 e. The molecule has 0 spiro atoms. The summed E-state index contributed by atoms with van der Waals surface area (Å²) in [5.74, 6) is 0.739. The largest absolute Gasteiger partial charge is 0.322 e. The van der Waals surface area contributed by atoms with Crippen LogP contribution in [0.15, 0.2) is 42.5 Å². The van der Waals surface area contributed by atoms with Gasteiger partial charge in [-0.2, -0.15) is 0 Å². The van der Waals surface area contributed by atoms with Crippen LogP contribution in [0.2, 0.25) is 0 Å². The lowest BCUT2D eigenvalue weighted by atomic mass is 9.99. The molecule has 3 heteroatoms. The Morgan fingerprint density at radius 3 is 2.64 bits per heavy atom. The highest BCUT2D eigenvalue weighted by atomic mass is 16.1. The standard InChI is InChI=1S/C22H28N2O/c1-16-6-5-13-24(14-16)15-19-9-11-20(12-10-19)22(25)23-21-8-4-7-17(2)18(21)3/h4,7-12,16H,5-6,13-15H2,1-3H3,(H,23,25)/t16-/m0/s1. The number of rotatable bonds is 4. The summed E-state index contributed by atoms with van der Waals surface area (Å²) in [5.41, 5.74) is 5.17. The maximum Gasteiger partial charge on any atom is 0.255 e. The molecule has 0 aromatic heterocycles. The number of piperidine rings is 1. The van der Waals surface area contributed by atoms with Crippen molar-refractivity contribution in [3.05, 3.63) is 64.7 Å². The van der Waals surface area contributed by atoms with Crippen LogP contribution in [0.4, 0.5) is 5.69 Å². The zero-order valence-electron chi connectivity index (χ0n) is 15.5. The average Bonchev–Trinajstić information content (AvgIpc) is 2.59. The van der Waals surface area contributed by atoms with Crippen LogP contribution in [0, 0.1) is 19.8 Å². The van der Waals surface area contributed by atoms with Gasteiger partial charge in [-0.15, -0.1) is 0 Å². The van der Waals surface area contributed by atoms with Crippen molar-refractivity contribution in [2.24, 2.45) is 5.92 Å². The van der Waals surface area contributed by atoms with E-state index in [2.05, 4.69) is 42.3 Å². The molecule has 132 valence electrons. The normalized spacial score (nSPS) is 18.1. The third-order valence-corrected chi connectivity index (χ3v) is 5.22. The van der Waals surface area contributed by atoms with Crippen molar-refractivity contribution in [1.82, 2.24) is 4.90 Å². The van der Waals surface area contributed by atoms with Crippen LogP contribution in [0.3, 0.4) is 0 Å². The van der Waals surface area contributed by atoms with Crippen molar-refractivity contribution in [3.63, 3.8) is 0 Å². The number of anilines is 1. The van der Waals surface area contributed by atoms with Crippen molar-refractivity contribution in [1.29, 1.82) is 0 Å². The number of benzene rings is 2. The first-order valence-corrected chi connectivity index (χ1v) is 9.22. The molecule has 1 amide bonds. The van der Waals surface area contributed by atoms with Crippen LogP contribution in [-0.2, 0) is 6.54 Å². The maximum atomic E-state index is 12.5. The number of hydrogen-bond donors (Lipinski definition) is 1. The topological polar surface area (TPSA) is 32.3 Å². The summed E-state index contributed by atoms with van der Waals surface area (Å²) < 4.78 is 0. The first-order chi connectivity index (χ1) is 12.0. The Bertz CT molecular complexity index is 736. The molecule has 1 N–H and O–H groups in total. The van der Waals surface area contributed by atoms with Crippen molar-refractivity contribution in [2.45, 2.75) is 40.2 Å². The van der Waals surface area contributed by atoms with Gasteiger partial charge in [0.25, 0.3) is 5.91 Å². The quantitative estimate of drug-likeness (QED) is 0.871. The van der Waals surface area contributed by atoms with E-state index < -0.39 is 0 Å². The third-order valence-electron chi connectivity index (χ3n) is 5.22. The van der Waals surface area contributed by atoms with Gasteiger partial charge in [-0.1, -0.05) is 31.2 Å². The summed E-state index contributed by atoms with van der Waals surface area (Å²) in [6, 6.07) is 14.0. The first-order valence-electron chi connectivity index (χ1n) is 9.22. The molecular formula is C22H28N2O. The molecule has 1 fully saturated rings. The second-order valence-corrected chi connectivity index (χ2v) is 7.38. The Hall–Kier alpha value is -2.13. The Balaban J connectivity index is 1.63. The van der Waals surface area contributed by atoms with Gasteiger partial charge < -0.3 is 5.32 Å². The number of likely N-dealkylation sites (tertiary alicyclic amines) is 1. The molecule has 2 aromatic carbocycles. The summed E-state index contributed by atoms with van der Waals surface area (Å²) in [4.78, 5) is 15.0. The molecule has 3 nitrogen and oxygen atoms in total. The van der Waals surface area contributed by atoms with Crippen molar-refractivity contribution < 1.29 is 4.79 Å². The number of nitrogens with one attached hydrogen (secondary N) is 1. The van der Waals surface area contributed by atoms with E-state index in [4.69, 9.17) is 0 Å². The van der Waals surface area contributed by atoms with E-state index in [1.165, 1.54) is 37.1 Å². The third kappa shape index (κ3) is 4.49. The van der Waals surface area contributed by atoms with Gasteiger partial charge >= 0.3 is 0 Å². The number of amides is 1. The SMILES string of the molecule is Cc1cccc(NC(=O)c2ccc(CN3CCC[C@H](C)C3)cc2)c1C. The highest BCUT2D eigenvalue weighted by Gasteiger charge is 2.16. The molecule has 1 aliphatic heterocycles.